The standard InChI is InChI=1S/C6H4N4O4S/c1-13-5-2(8-14-9-5)4-3(6(11)12)7-10-15-4/h1H3,(H,11,12). The highest BCUT2D eigenvalue weighted by Crippen LogP contribution is 2.30. The van der Waals surface area contributed by atoms with Crippen LogP contribution in [0.15, 0.2) is 4.63 Å². The number of ether oxygens (including phenoxy) is 1. The van der Waals surface area contributed by atoms with Crippen LogP contribution in [0.2, 0.25) is 0 Å². The van der Waals surface area contributed by atoms with Crippen molar-refractivity contribution < 1.29 is 19.3 Å². The summed E-state index contributed by atoms with van der Waals surface area (Å²) in [5, 5.41) is 19.2. The largest absolute Gasteiger partial charge is 0.477 e. The van der Waals surface area contributed by atoms with Gasteiger partial charge in [-0.3, -0.25) is 0 Å². The molecule has 0 atom stereocenters. The van der Waals surface area contributed by atoms with E-state index in [4.69, 9.17) is 9.84 Å². The third kappa shape index (κ3) is 1.52. The molecule has 78 valence electrons. The quantitative estimate of drug-likeness (QED) is 0.797. The Bertz CT molecular complexity index is 493. The third-order valence-electron chi connectivity index (χ3n) is 1.56. The molecule has 0 aliphatic carbocycles. The number of aromatic nitrogens is 4. The van der Waals surface area contributed by atoms with E-state index >= 15 is 0 Å². The van der Waals surface area contributed by atoms with Crippen molar-refractivity contribution in [2.24, 2.45) is 0 Å². The number of carboxylic acids is 1. The second-order valence-electron chi connectivity index (χ2n) is 2.38. The monoisotopic (exact) mass is 228 g/mol. The van der Waals surface area contributed by atoms with Crippen LogP contribution >= 0.6 is 11.5 Å². The van der Waals surface area contributed by atoms with Crippen molar-refractivity contribution in [3.63, 3.8) is 0 Å². The van der Waals surface area contributed by atoms with Gasteiger partial charge in [-0.05, 0) is 21.8 Å². The molecule has 0 aliphatic heterocycles. The van der Waals surface area contributed by atoms with E-state index in [0.29, 0.717) is 0 Å². The van der Waals surface area contributed by atoms with Crippen molar-refractivity contribution in [2.75, 3.05) is 7.11 Å². The average molecular weight is 228 g/mol. The smallest absolute Gasteiger partial charge is 0.358 e. The molecule has 8 nitrogen and oxygen atoms in total. The molecule has 0 aliphatic rings. The van der Waals surface area contributed by atoms with Crippen LogP contribution in [0.25, 0.3) is 10.6 Å². The van der Waals surface area contributed by atoms with Crippen molar-refractivity contribution in [1.82, 2.24) is 19.9 Å². The Hall–Kier alpha value is -2.03. The van der Waals surface area contributed by atoms with Crippen molar-refractivity contribution in [1.29, 1.82) is 0 Å². The fraction of sp³-hybridized carbons (Fsp3) is 0.167. The van der Waals surface area contributed by atoms with Crippen LogP contribution in [0, 0.1) is 0 Å². The van der Waals surface area contributed by atoms with Crippen LogP contribution in [0.3, 0.4) is 0 Å². The summed E-state index contributed by atoms with van der Waals surface area (Å²) in [5.41, 5.74) is -0.0149. The first-order valence-corrected chi connectivity index (χ1v) is 4.44. The number of hydrogen-bond acceptors (Lipinski definition) is 8. The van der Waals surface area contributed by atoms with Gasteiger partial charge in [0, 0.05) is 0 Å². The lowest BCUT2D eigenvalue weighted by Crippen LogP contribution is -1.99. The van der Waals surface area contributed by atoms with Gasteiger partial charge in [0.1, 0.15) is 4.88 Å². The van der Waals surface area contributed by atoms with Crippen molar-refractivity contribution in [3.8, 4) is 16.5 Å². The van der Waals surface area contributed by atoms with Gasteiger partial charge in [0.15, 0.2) is 11.4 Å². The van der Waals surface area contributed by atoms with Crippen molar-refractivity contribution in [3.05, 3.63) is 5.69 Å². The van der Waals surface area contributed by atoms with Crippen molar-refractivity contribution >= 4 is 17.5 Å². The zero-order chi connectivity index (χ0) is 10.8. The van der Waals surface area contributed by atoms with Crippen LogP contribution in [-0.4, -0.2) is 38.1 Å². The number of methoxy groups -OCH3 is 1. The van der Waals surface area contributed by atoms with Crippen LogP contribution in [0.5, 0.6) is 5.88 Å². The molecule has 2 rings (SSSR count). The van der Waals surface area contributed by atoms with E-state index in [2.05, 4.69) is 24.5 Å². The second kappa shape index (κ2) is 3.61. The number of hydrogen-bond donors (Lipinski definition) is 1. The lowest BCUT2D eigenvalue weighted by Gasteiger charge is -1.93. The molecule has 0 unspecified atom stereocenters. The number of carboxylic acid groups (broad SMARTS) is 1. The summed E-state index contributed by atoms with van der Waals surface area (Å²) in [7, 11) is 1.37. The maximum absolute atomic E-state index is 10.8. The molecule has 0 radical (unpaired) electrons. The molecule has 0 fully saturated rings. The van der Waals surface area contributed by atoms with Crippen LogP contribution in [0.4, 0.5) is 0 Å². The molecule has 0 aromatic carbocycles. The van der Waals surface area contributed by atoms with E-state index in [1.807, 2.05) is 0 Å². The van der Waals surface area contributed by atoms with E-state index < -0.39 is 5.97 Å². The second-order valence-corrected chi connectivity index (χ2v) is 3.13. The molecule has 0 spiro atoms. The molecular weight excluding hydrogens is 224 g/mol. The fourth-order valence-electron chi connectivity index (χ4n) is 0.939. The van der Waals surface area contributed by atoms with Crippen LogP contribution < -0.4 is 4.74 Å². The molecule has 2 aromatic heterocycles. The minimum atomic E-state index is -1.19. The van der Waals surface area contributed by atoms with Crippen LogP contribution in [0.1, 0.15) is 10.5 Å². The Morgan fingerprint density at radius 2 is 2.33 bits per heavy atom. The first kappa shape index (κ1) is 9.52. The Kier molecular flexibility index (Phi) is 2.29. The van der Waals surface area contributed by atoms with Gasteiger partial charge in [-0.2, -0.15) is 0 Å². The first-order valence-electron chi connectivity index (χ1n) is 3.66. The predicted octanol–water partition coefficient (Wildman–Crippen LogP) is 0.295. The van der Waals surface area contributed by atoms with E-state index in [-0.39, 0.29) is 22.1 Å². The van der Waals surface area contributed by atoms with Gasteiger partial charge in [0.05, 0.1) is 7.11 Å². The highest BCUT2D eigenvalue weighted by Gasteiger charge is 2.23. The Morgan fingerprint density at radius 1 is 1.53 bits per heavy atom. The van der Waals surface area contributed by atoms with Gasteiger partial charge in [0.2, 0.25) is 0 Å². The third-order valence-corrected chi connectivity index (χ3v) is 2.29. The molecule has 9 heteroatoms. The Balaban J connectivity index is 2.54. The van der Waals surface area contributed by atoms with E-state index in [9.17, 15) is 4.79 Å². The maximum atomic E-state index is 10.8. The zero-order valence-electron chi connectivity index (χ0n) is 7.37. The lowest BCUT2D eigenvalue weighted by atomic mass is 10.3. The zero-order valence-corrected chi connectivity index (χ0v) is 8.19. The topological polar surface area (TPSA) is 111 Å². The molecule has 1 N–H and O–H groups in total. The number of carbonyl (C=O) groups is 1. The SMILES string of the molecule is COc1nonc1-c1snnc1C(=O)O. The predicted molar refractivity (Wildman–Crippen MR) is 46.7 cm³/mol. The molecule has 2 aromatic rings. The average Bonchev–Trinajstić information content (AvgIpc) is 2.85. The van der Waals surface area contributed by atoms with Gasteiger partial charge in [-0.1, -0.05) is 4.49 Å². The highest BCUT2D eigenvalue weighted by atomic mass is 32.1. The molecule has 0 amide bonds. The van der Waals surface area contributed by atoms with Crippen molar-refractivity contribution in [2.45, 2.75) is 0 Å². The lowest BCUT2D eigenvalue weighted by molar-refractivity contribution is 0.0691. The highest BCUT2D eigenvalue weighted by molar-refractivity contribution is 7.09. The Labute approximate surface area is 86.6 Å². The first-order chi connectivity index (χ1) is 7.24. The summed E-state index contributed by atoms with van der Waals surface area (Å²) in [6, 6.07) is 0. The minimum Gasteiger partial charge on any atom is -0.477 e. The summed E-state index contributed by atoms with van der Waals surface area (Å²) < 4.78 is 12.8. The van der Waals surface area contributed by atoms with E-state index in [1.54, 1.807) is 0 Å². The minimum absolute atomic E-state index is 0.101. The fourth-order valence-corrected chi connectivity index (χ4v) is 1.57. The van der Waals surface area contributed by atoms with Gasteiger partial charge >= 0.3 is 5.97 Å². The van der Waals surface area contributed by atoms with Crippen LogP contribution in [-0.2, 0) is 0 Å². The summed E-state index contributed by atoms with van der Waals surface area (Å²) in [6.45, 7) is 0. The van der Waals surface area contributed by atoms with E-state index in [1.165, 1.54) is 7.11 Å². The number of nitrogens with zero attached hydrogens (tertiary/aromatic N) is 4. The molecule has 0 saturated heterocycles. The van der Waals surface area contributed by atoms with Gasteiger partial charge in [-0.15, -0.1) is 5.10 Å². The summed E-state index contributed by atoms with van der Waals surface area (Å²) >= 11 is 0.881. The summed E-state index contributed by atoms with van der Waals surface area (Å²) in [5.74, 6) is -1.09. The molecule has 0 saturated carbocycles. The number of rotatable bonds is 3. The molecule has 15 heavy (non-hydrogen) atoms. The molecular formula is C6H4N4O4S. The van der Waals surface area contributed by atoms with Gasteiger partial charge in [-0.25, -0.2) is 9.42 Å². The Morgan fingerprint density at radius 3 is 3.00 bits per heavy atom. The number of aromatic carboxylic acids is 1. The van der Waals surface area contributed by atoms with Gasteiger partial charge < -0.3 is 9.84 Å². The maximum Gasteiger partial charge on any atom is 0.358 e. The molecule has 2 heterocycles. The van der Waals surface area contributed by atoms with E-state index in [0.717, 1.165) is 11.5 Å². The normalized spacial score (nSPS) is 10.2. The van der Waals surface area contributed by atoms with Gasteiger partial charge in [0.25, 0.3) is 5.88 Å². The summed E-state index contributed by atoms with van der Waals surface area (Å²) in [6.07, 6.45) is 0. The molecule has 0 bridgehead atoms. The summed E-state index contributed by atoms with van der Waals surface area (Å²) in [4.78, 5) is 11.0.